The zero-order valence-corrected chi connectivity index (χ0v) is 12.2. The van der Waals surface area contributed by atoms with E-state index in [1.807, 2.05) is 30.3 Å². The summed E-state index contributed by atoms with van der Waals surface area (Å²) in [5.74, 6) is 0. The van der Waals surface area contributed by atoms with Crippen molar-refractivity contribution in [3.8, 4) is 5.69 Å². The van der Waals surface area contributed by atoms with Gasteiger partial charge in [-0.3, -0.25) is 4.79 Å². The Hall–Kier alpha value is -1.85. The lowest BCUT2D eigenvalue weighted by Gasteiger charge is -2.13. The van der Waals surface area contributed by atoms with E-state index in [0.717, 1.165) is 19.4 Å². The third-order valence-corrected chi connectivity index (χ3v) is 3.83. The van der Waals surface area contributed by atoms with Crippen LogP contribution in [0.5, 0.6) is 0 Å². The molecule has 21 heavy (non-hydrogen) atoms. The maximum atomic E-state index is 12.3. The van der Waals surface area contributed by atoms with Gasteiger partial charge < -0.3 is 10.1 Å². The third kappa shape index (κ3) is 3.09. The van der Waals surface area contributed by atoms with Gasteiger partial charge in [-0.1, -0.05) is 29.8 Å². The van der Waals surface area contributed by atoms with Gasteiger partial charge in [-0.25, -0.2) is 0 Å². The summed E-state index contributed by atoms with van der Waals surface area (Å²) in [7, 11) is 0. The molecule has 0 spiro atoms. The van der Waals surface area contributed by atoms with Gasteiger partial charge in [0, 0.05) is 13.2 Å². The highest BCUT2D eigenvalue weighted by Crippen LogP contribution is 2.18. The Morgan fingerprint density at radius 2 is 2.19 bits per heavy atom. The van der Waals surface area contributed by atoms with Gasteiger partial charge in [0.2, 0.25) is 0 Å². The molecule has 1 aromatic carbocycles. The summed E-state index contributed by atoms with van der Waals surface area (Å²) in [4.78, 5) is 12.3. The summed E-state index contributed by atoms with van der Waals surface area (Å²) >= 11 is 6.16. The van der Waals surface area contributed by atoms with Gasteiger partial charge in [-0.15, -0.1) is 0 Å². The van der Waals surface area contributed by atoms with Crippen LogP contribution in [-0.4, -0.2) is 29.0 Å². The fourth-order valence-electron chi connectivity index (χ4n) is 2.34. The van der Waals surface area contributed by atoms with E-state index in [4.69, 9.17) is 16.3 Å². The Labute approximate surface area is 127 Å². The van der Waals surface area contributed by atoms with Crippen molar-refractivity contribution in [1.82, 2.24) is 9.78 Å². The number of ether oxygens (including phenoxy) is 1. The Balaban J connectivity index is 1.81. The second-order valence-electron chi connectivity index (χ2n) is 4.94. The smallest absolute Gasteiger partial charge is 0.292 e. The van der Waals surface area contributed by atoms with Gasteiger partial charge in [0.25, 0.3) is 5.56 Å². The zero-order valence-electron chi connectivity index (χ0n) is 11.5. The maximum Gasteiger partial charge on any atom is 0.292 e. The average Bonchev–Trinajstić information content (AvgIpc) is 3.03. The zero-order chi connectivity index (χ0) is 14.7. The van der Waals surface area contributed by atoms with Crippen LogP contribution in [0.4, 0.5) is 5.69 Å². The van der Waals surface area contributed by atoms with Crippen molar-refractivity contribution in [2.24, 2.45) is 0 Å². The first kappa shape index (κ1) is 14.1. The SMILES string of the molecule is O=c1c(Cl)c(NC[C@H]2CCCO2)cnn1-c1ccccc1. The molecule has 1 aliphatic heterocycles. The molecule has 1 aliphatic rings. The molecule has 0 bridgehead atoms. The van der Waals surface area contributed by atoms with E-state index >= 15 is 0 Å². The number of para-hydroxylation sites is 1. The Kier molecular flexibility index (Phi) is 4.22. The van der Waals surface area contributed by atoms with Crippen molar-refractivity contribution < 1.29 is 4.74 Å². The number of nitrogens with one attached hydrogen (secondary N) is 1. The molecule has 2 heterocycles. The lowest BCUT2D eigenvalue weighted by atomic mass is 10.2. The minimum Gasteiger partial charge on any atom is -0.380 e. The molecular formula is C15H16ClN3O2. The van der Waals surface area contributed by atoms with Crippen LogP contribution in [0.2, 0.25) is 5.02 Å². The summed E-state index contributed by atoms with van der Waals surface area (Å²) in [6.07, 6.45) is 3.86. The number of benzene rings is 1. The monoisotopic (exact) mass is 305 g/mol. The number of nitrogens with zero attached hydrogens (tertiary/aromatic N) is 2. The van der Waals surface area contributed by atoms with Crippen molar-refractivity contribution >= 4 is 17.3 Å². The predicted molar refractivity (Wildman–Crippen MR) is 82.3 cm³/mol. The standard InChI is InChI=1S/C15H16ClN3O2/c16-14-13(17-9-12-7-4-8-21-12)10-18-19(15(14)20)11-5-2-1-3-6-11/h1-3,5-6,10,12,17H,4,7-9H2/t12-/m1/s1. The van der Waals surface area contributed by atoms with Crippen LogP contribution < -0.4 is 10.9 Å². The molecule has 1 N–H and O–H groups in total. The fourth-order valence-corrected chi connectivity index (χ4v) is 2.53. The highest BCUT2D eigenvalue weighted by atomic mass is 35.5. The van der Waals surface area contributed by atoms with Crippen molar-refractivity contribution in [2.75, 3.05) is 18.5 Å². The van der Waals surface area contributed by atoms with E-state index in [9.17, 15) is 4.79 Å². The summed E-state index contributed by atoms with van der Waals surface area (Å²) in [6.45, 7) is 1.43. The van der Waals surface area contributed by atoms with Crippen LogP contribution in [0.15, 0.2) is 41.3 Å². The molecule has 0 amide bonds. The Bertz CT molecular complexity index is 666. The quantitative estimate of drug-likeness (QED) is 0.943. The Morgan fingerprint density at radius 1 is 1.38 bits per heavy atom. The highest BCUT2D eigenvalue weighted by Gasteiger charge is 2.16. The van der Waals surface area contributed by atoms with E-state index < -0.39 is 0 Å². The van der Waals surface area contributed by atoms with Crippen LogP contribution in [-0.2, 0) is 4.74 Å². The van der Waals surface area contributed by atoms with E-state index in [2.05, 4.69) is 10.4 Å². The predicted octanol–water partition coefficient (Wildman–Crippen LogP) is 2.48. The molecule has 2 aromatic rings. The Morgan fingerprint density at radius 3 is 2.90 bits per heavy atom. The minimum atomic E-state index is -0.333. The lowest BCUT2D eigenvalue weighted by molar-refractivity contribution is 0.120. The van der Waals surface area contributed by atoms with Crippen molar-refractivity contribution in [3.05, 3.63) is 51.9 Å². The molecule has 3 rings (SSSR count). The van der Waals surface area contributed by atoms with Gasteiger partial charge in [0.1, 0.15) is 5.02 Å². The molecule has 0 aliphatic carbocycles. The molecule has 1 aromatic heterocycles. The maximum absolute atomic E-state index is 12.3. The molecule has 0 radical (unpaired) electrons. The number of hydrogen-bond acceptors (Lipinski definition) is 4. The first-order valence-electron chi connectivity index (χ1n) is 6.94. The summed E-state index contributed by atoms with van der Waals surface area (Å²) in [5.41, 5.74) is 0.902. The molecule has 1 saturated heterocycles. The first-order chi connectivity index (χ1) is 10.3. The van der Waals surface area contributed by atoms with Gasteiger partial charge in [0.15, 0.2) is 0 Å². The number of anilines is 1. The number of hydrogen-bond donors (Lipinski definition) is 1. The molecular weight excluding hydrogens is 290 g/mol. The van der Waals surface area contributed by atoms with Crippen molar-refractivity contribution in [3.63, 3.8) is 0 Å². The highest BCUT2D eigenvalue weighted by molar-refractivity contribution is 6.32. The number of rotatable bonds is 4. The molecule has 1 fully saturated rings. The summed E-state index contributed by atoms with van der Waals surface area (Å²) in [5, 5.41) is 7.46. The van der Waals surface area contributed by atoms with Gasteiger partial charge in [-0.2, -0.15) is 9.78 Å². The molecule has 110 valence electrons. The normalized spacial score (nSPS) is 17.9. The lowest BCUT2D eigenvalue weighted by Crippen LogP contribution is -2.24. The van der Waals surface area contributed by atoms with Gasteiger partial charge in [-0.05, 0) is 25.0 Å². The average molecular weight is 306 g/mol. The molecule has 6 heteroatoms. The van der Waals surface area contributed by atoms with E-state index in [0.29, 0.717) is 17.9 Å². The van der Waals surface area contributed by atoms with Gasteiger partial charge in [0.05, 0.1) is 23.7 Å². The summed E-state index contributed by atoms with van der Waals surface area (Å²) in [6, 6.07) is 9.20. The van der Waals surface area contributed by atoms with Crippen LogP contribution in [0.25, 0.3) is 5.69 Å². The van der Waals surface area contributed by atoms with Crippen LogP contribution in [0, 0.1) is 0 Å². The molecule has 0 saturated carbocycles. The second-order valence-corrected chi connectivity index (χ2v) is 5.32. The van der Waals surface area contributed by atoms with Crippen LogP contribution in [0.1, 0.15) is 12.8 Å². The second kappa shape index (κ2) is 6.28. The van der Waals surface area contributed by atoms with Crippen LogP contribution >= 0.6 is 11.6 Å². The topological polar surface area (TPSA) is 56.1 Å². The molecule has 0 unspecified atom stereocenters. The van der Waals surface area contributed by atoms with Crippen LogP contribution in [0.3, 0.4) is 0 Å². The van der Waals surface area contributed by atoms with E-state index in [1.165, 1.54) is 4.68 Å². The van der Waals surface area contributed by atoms with Gasteiger partial charge >= 0.3 is 0 Å². The summed E-state index contributed by atoms with van der Waals surface area (Å²) < 4.78 is 6.82. The van der Waals surface area contributed by atoms with Crippen molar-refractivity contribution in [1.29, 1.82) is 0 Å². The largest absolute Gasteiger partial charge is 0.380 e. The molecule has 1 atom stereocenters. The third-order valence-electron chi connectivity index (χ3n) is 3.46. The first-order valence-corrected chi connectivity index (χ1v) is 7.32. The fraction of sp³-hybridized carbons (Fsp3) is 0.333. The van der Waals surface area contributed by atoms with E-state index in [1.54, 1.807) is 6.20 Å². The number of halogens is 1. The minimum absolute atomic E-state index is 0.145. The molecule has 5 nitrogen and oxygen atoms in total. The number of aromatic nitrogens is 2. The van der Waals surface area contributed by atoms with Crippen molar-refractivity contribution in [2.45, 2.75) is 18.9 Å². The van der Waals surface area contributed by atoms with E-state index in [-0.39, 0.29) is 16.7 Å².